The number of aromatic nitrogens is 1. The van der Waals surface area contributed by atoms with Crippen LogP contribution in [0.2, 0.25) is 0 Å². The lowest BCUT2D eigenvalue weighted by atomic mass is 10.1. The molecule has 0 saturated heterocycles. The van der Waals surface area contributed by atoms with Crippen molar-refractivity contribution in [2.24, 2.45) is 0 Å². The molecule has 0 bridgehead atoms. The summed E-state index contributed by atoms with van der Waals surface area (Å²) in [4.78, 5) is 27.0. The Morgan fingerprint density at radius 2 is 1.84 bits per heavy atom. The van der Waals surface area contributed by atoms with Crippen molar-refractivity contribution in [3.05, 3.63) is 59.4 Å². The summed E-state index contributed by atoms with van der Waals surface area (Å²) in [7, 11) is 0. The number of benzene rings is 1. The van der Waals surface area contributed by atoms with Crippen molar-refractivity contribution in [3.8, 4) is 0 Å². The highest BCUT2D eigenvalue weighted by Gasteiger charge is 2.15. The van der Waals surface area contributed by atoms with Crippen LogP contribution in [-0.4, -0.2) is 22.0 Å². The van der Waals surface area contributed by atoms with E-state index in [1.165, 1.54) is 12.4 Å². The van der Waals surface area contributed by atoms with Crippen LogP contribution in [-0.2, 0) is 0 Å². The summed E-state index contributed by atoms with van der Waals surface area (Å²) in [5, 5.41) is 11.8. The number of rotatable bonds is 3. The third kappa shape index (κ3) is 2.77. The van der Waals surface area contributed by atoms with Crippen LogP contribution >= 0.6 is 0 Å². The molecular weight excluding hydrogens is 244 g/mol. The number of nitrogens with one attached hydrogen (secondary N) is 1. The third-order valence-electron chi connectivity index (χ3n) is 2.68. The lowest BCUT2D eigenvalue weighted by Gasteiger charge is -2.10. The normalized spacial score (nSPS) is 9.95. The van der Waals surface area contributed by atoms with Crippen molar-refractivity contribution >= 4 is 17.6 Å². The number of aryl methyl sites for hydroxylation is 1. The molecule has 2 rings (SSSR count). The molecule has 1 heterocycles. The van der Waals surface area contributed by atoms with Gasteiger partial charge in [-0.3, -0.25) is 9.78 Å². The second-order valence-electron chi connectivity index (χ2n) is 3.99. The highest BCUT2D eigenvalue weighted by atomic mass is 16.4. The lowest BCUT2D eigenvalue weighted by Crippen LogP contribution is -2.15. The molecule has 5 nitrogen and oxygen atoms in total. The molecule has 96 valence electrons. The molecule has 0 fully saturated rings. The predicted molar refractivity (Wildman–Crippen MR) is 70.3 cm³/mol. The summed E-state index contributed by atoms with van der Waals surface area (Å²) in [5.41, 5.74) is 1.41. The molecular formula is C14H12N2O3. The molecule has 1 aromatic heterocycles. The first-order valence-corrected chi connectivity index (χ1v) is 5.64. The van der Waals surface area contributed by atoms with Crippen LogP contribution in [0.5, 0.6) is 0 Å². The van der Waals surface area contributed by atoms with E-state index in [-0.39, 0.29) is 17.2 Å². The van der Waals surface area contributed by atoms with Crippen molar-refractivity contribution in [1.82, 2.24) is 4.98 Å². The van der Waals surface area contributed by atoms with E-state index in [0.29, 0.717) is 11.1 Å². The van der Waals surface area contributed by atoms with Gasteiger partial charge in [0.25, 0.3) is 5.91 Å². The maximum absolute atomic E-state index is 12.0. The molecule has 1 amide bonds. The minimum absolute atomic E-state index is 0.102. The molecule has 0 saturated carbocycles. The van der Waals surface area contributed by atoms with E-state index in [0.717, 1.165) is 0 Å². The third-order valence-corrected chi connectivity index (χ3v) is 2.68. The zero-order valence-electron chi connectivity index (χ0n) is 10.3. The quantitative estimate of drug-likeness (QED) is 0.883. The van der Waals surface area contributed by atoms with Gasteiger partial charge in [0.1, 0.15) is 0 Å². The zero-order valence-corrected chi connectivity index (χ0v) is 10.3. The number of amides is 1. The molecule has 0 aliphatic carbocycles. The number of nitrogens with zero attached hydrogens (tertiary/aromatic N) is 1. The molecule has 19 heavy (non-hydrogen) atoms. The topological polar surface area (TPSA) is 79.3 Å². The molecule has 0 aliphatic rings. The second-order valence-corrected chi connectivity index (χ2v) is 3.99. The summed E-state index contributed by atoms with van der Waals surface area (Å²) >= 11 is 0. The summed E-state index contributed by atoms with van der Waals surface area (Å²) in [5.74, 6) is -1.43. The van der Waals surface area contributed by atoms with Gasteiger partial charge in [0, 0.05) is 18.0 Å². The highest BCUT2D eigenvalue weighted by Crippen LogP contribution is 2.20. The van der Waals surface area contributed by atoms with Crippen molar-refractivity contribution in [2.75, 3.05) is 5.32 Å². The molecule has 0 spiro atoms. The Morgan fingerprint density at radius 3 is 2.47 bits per heavy atom. The van der Waals surface area contributed by atoms with E-state index in [1.807, 2.05) is 0 Å². The first-order chi connectivity index (χ1) is 9.09. The van der Waals surface area contributed by atoms with Gasteiger partial charge in [-0.1, -0.05) is 12.1 Å². The Labute approximate surface area is 109 Å². The van der Waals surface area contributed by atoms with Crippen molar-refractivity contribution < 1.29 is 14.7 Å². The Hall–Kier alpha value is -2.69. The number of carbonyl (C=O) groups is 2. The summed E-state index contributed by atoms with van der Waals surface area (Å²) < 4.78 is 0. The zero-order chi connectivity index (χ0) is 13.8. The van der Waals surface area contributed by atoms with Crippen LogP contribution in [0.3, 0.4) is 0 Å². The highest BCUT2D eigenvalue weighted by molar-refractivity contribution is 6.08. The van der Waals surface area contributed by atoms with E-state index >= 15 is 0 Å². The number of hydrogen-bond acceptors (Lipinski definition) is 3. The number of carboxylic acid groups (broad SMARTS) is 1. The Kier molecular flexibility index (Phi) is 3.56. The van der Waals surface area contributed by atoms with E-state index < -0.39 is 5.97 Å². The molecule has 2 N–H and O–H groups in total. The van der Waals surface area contributed by atoms with Gasteiger partial charge in [-0.05, 0) is 30.7 Å². The van der Waals surface area contributed by atoms with Crippen LogP contribution < -0.4 is 5.32 Å². The van der Waals surface area contributed by atoms with E-state index in [2.05, 4.69) is 10.3 Å². The van der Waals surface area contributed by atoms with Crippen LogP contribution in [0.1, 0.15) is 26.3 Å². The van der Waals surface area contributed by atoms with Crippen LogP contribution in [0.25, 0.3) is 0 Å². The SMILES string of the molecule is Cc1cccc(NC(=O)c2ccncc2)c1C(=O)O. The molecule has 0 aliphatic heterocycles. The van der Waals surface area contributed by atoms with Gasteiger partial charge in [0.15, 0.2) is 0 Å². The fraction of sp³-hybridized carbons (Fsp3) is 0.0714. The van der Waals surface area contributed by atoms with Gasteiger partial charge < -0.3 is 10.4 Å². The number of hydrogen-bond donors (Lipinski definition) is 2. The van der Waals surface area contributed by atoms with Crippen molar-refractivity contribution in [1.29, 1.82) is 0 Å². The second kappa shape index (κ2) is 5.30. The summed E-state index contributed by atoms with van der Waals surface area (Å²) in [6, 6.07) is 8.07. The van der Waals surface area contributed by atoms with Gasteiger partial charge in [-0.25, -0.2) is 4.79 Å². The monoisotopic (exact) mass is 256 g/mol. The fourth-order valence-corrected chi connectivity index (χ4v) is 1.75. The Morgan fingerprint density at radius 1 is 1.16 bits per heavy atom. The minimum atomic E-state index is -1.07. The van der Waals surface area contributed by atoms with E-state index in [4.69, 9.17) is 5.11 Å². The first-order valence-electron chi connectivity index (χ1n) is 5.64. The van der Waals surface area contributed by atoms with Gasteiger partial charge in [-0.15, -0.1) is 0 Å². The maximum atomic E-state index is 12.0. The number of carboxylic acids is 1. The lowest BCUT2D eigenvalue weighted by molar-refractivity contribution is 0.0697. The minimum Gasteiger partial charge on any atom is -0.478 e. The van der Waals surface area contributed by atoms with Gasteiger partial charge in [-0.2, -0.15) is 0 Å². The van der Waals surface area contributed by atoms with Crippen LogP contribution in [0.15, 0.2) is 42.7 Å². The number of aromatic carboxylic acids is 1. The van der Waals surface area contributed by atoms with Crippen LogP contribution in [0.4, 0.5) is 5.69 Å². The van der Waals surface area contributed by atoms with Crippen molar-refractivity contribution in [2.45, 2.75) is 6.92 Å². The van der Waals surface area contributed by atoms with Gasteiger partial charge in [0.05, 0.1) is 11.3 Å². The van der Waals surface area contributed by atoms with Gasteiger partial charge in [0.2, 0.25) is 0 Å². The van der Waals surface area contributed by atoms with E-state index in [1.54, 1.807) is 37.3 Å². The molecule has 1 aromatic carbocycles. The smallest absolute Gasteiger partial charge is 0.338 e. The molecule has 2 aromatic rings. The number of carbonyl (C=O) groups excluding carboxylic acids is 1. The summed E-state index contributed by atoms with van der Waals surface area (Å²) in [6.45, 7) is 1.69. The fourth-order valence-electron chi connectivity index (χ4n) is 1.75. The number of pyridine rings is 1. The van der Waals surface area contributed by atoms with Crippen LogP contribution in [0, 0.1) is 6.92 Å². The standard InChI is InChI=1S/C14H12N2O3/c1-9-3-2-4-11(12(9)14(18)19)16-13(17)10-5-7-15-8-6-10/h2-8H,1H3,(H,16,17)(H,18,19). The molecule has 0 atom stereocenters. The van der Waals surface area contributed by atoms with Gasteiger partial charge >= 0.3 is 5.97 Å². The maximum Gasteiger partial charge on any atom is 0.338 e. The molecule has 5 heteroatoms. The number of anilines is 1. The van der Waals surface area contributed by atoms with Crippen molar-refractivity contribution in [3.63, 3.8) is 0 Å². The van der Waals surface area contributed by atoms with E-state index in [9.17, 15) is 9.59 Å². The Bertz CT molecular complexity index is 624. The molecule has 0 radical (unpaired) electrons. The average Bonchev–Trinajstić information content (AvgIpc) is 2.39. The molecule has 0 unspecified atom stereocenters. The predicted octanol–water partition coefficient (Wildman–Crippen LogP) is 2.34. The largest absolute Gasteiger partial charge is 0.478 e. The first kappa shape index (κ1) is 12.8. The average molecular weight is 256 g/mol. The summed E-state index contributed by atoms with van der Waals surface area (Å²) in [6.07, 6.45) is 3.01. The Balaban J connectivity index is 2.32.